The molecule has 0 fully saturated rings. The topological polar surface area (TPSA) is 18.5 Å². The maximum atomic E-state index is 6.28. The lowest BCUT2D eigenvalue weighted by Crippen LogP contribution is -2.02. The van der Waals surface area contributed by atoms with E-state index in [9.17, 15) is 0 Å². The first-order valence-electron chi connectivity index (χ1n) is 7.64. The molecule has 0 aromatic heterocycles. The number of halogens is 4. The van der Waals surface area contributed by atoms with E-state index in [-0.39, 0.29) is 37.5 Å². The molecule has 0 saturated carbocycles. The molecule has 1 aliphatic rings. The van der Waals surface area contributed by atoms with Crippen LogP contribution >= 0.6 is 46.4 Å². The van der Waals surface area contributed by atoms with E-state index in [2.05, 4.69) is 0 Å². The molecule has 0 saturated heterocycles. The minimum absolute atomic E-state index is 0.128. The molecule has 2 nitrogen and oxygen atoms in total. The van der Waals surface area contributed by atoms with Gasteiger partial charge in [-0.1, -0.05) is 107 Å². The van der Waals surface area contributed by atoms with Gasteiger partial charge in [-0.2, -0.15) is 0 Å². The zero-order valence-electron chi connectivity index (χ0n) is 13.1. The largest absolute Gasteiger partial charge is 0.420 e. The Morgan fingerprint density at radius 3 is 1.31 bits per heavy atom. The van der Waals surface area contributed by atoms with Gasteiger partial charge >= 0.3 is 0 Å². The predicted octanol–water partition coefficient (Wildman–Crippen LogP) is 7.49. The van der Waals surface area contributed by atoms with Crippen molar-refractivity contribution in [2.75, 3.05) is 0 Å². The van der Waals surface area contributed by atoms with Crippen LogP contribution in [-0.2, 0) is 0 Å². The third kappa shape index (κ3) is 2.93. The number of rotatable bonds is 2. The summed E-state index contributed by atoms with van der Waals surface area (Å²) in [6.07, 6.45) is 0. The van der Waals surface area contributed by atoms with Crippen molar-refractivity contribution in [2.24, 2.45) is 0 Å². The van der Waals surface area contributed by atoms with Crippen LogP contribution in [0.2, 0.25) is 20.1 Å². The predicted molar refractivity (Wildman–Crippen MR) is 107 cm³/mol. The molecule has 1 heterocycles. The Morgan fingerprint density at radius 2 is 0.923 bits per heavy atom. The molecule has 6 heteroatoms. The van der Waals surface area contributed by atoms with Crippen molar-refractivity contribution >= 4 is 52.0 Å². The minimum atomic E-state index is 0.128. The van der Waals surface area contributed by atoms with Crippen molar-refractivity contribution in [1.82, 2.24) is 0 Å². The lowest BCUT2D eigenvalue weighted by Gasteiger charge is -2.10. The smallest absolute Gasteiger partial charge is 0.299 e. The summed E-state index contributed by atoms with van der Waals surface area (Å²) in [7, 11) is 0. The van der Waals surface area contributed by atoms with E-state index in [1.165, 1.54) is 0 Å². The summed E-state index contributed by atoms with van der Waals surface area (Å²) in [4.78, 5) is 0. The van der Waals surface area contributed by atoms with Crippen LogP contribution in [0.5, 0.6) is 11.5 Å². The highest BCUT2D eigenvalue weighted by Crippen LogP contribution is 2.54. The molecule has 0 bridgehead atoms. The second-order valence-electron chi connectivity index (χ2n) is 5.51. The summed E-state index contributed by atoms with van der Waals surface area (Å²) in [6, 6.07) is 19.5. The van der Waals surface area contributed by atoms with Gasteiger partial charge in [-0.3, -0.25) is 0 Å². The fourth-order valence-electron chi connectivity index (χ4n) is 2.69. The molecule has 4 rings (SSSR count). The third-order valence-electron chi connectivity index (χ3n) is 3.90. The second kappa shape index (κ2) is 7.05. The molecule has 0 radical (unpaired) electrons. The van der Waals surface area contributed by atoms with Gasteiger partial charge in [-0.05, 0) is 11.1 Å². The van der Waals surface area contributed by atoms with Crippen LogP contribution < -0.4 is 9.47 Å². The molecule has 0 atom stereocenters. The number of hydrogen-bond donors (Lipinski definition) is 0. The van der Waals surface area contributed by atoms with E-state index in [0.29, 0.717) is 0 Å². The maximum absolute atomic E-state index is 6.28. The summed E-state index contributed by atoms with van der Waals surface area (Å²) in [5.41, 5.74) is 2.61. The molecular formula is C20H10Cl4O2. The maximum Gasteiger partial charge on any atom is 0.299 e. The molecule has 130 valence electrons. The van der Waals surface area contributed by atoms with E-state index < -0.39 is 0 Å². The van der Waals surface area contributed by atoms with Gasteiger partial charge in [0.25, 0.3) is 5.95 Å². The van der Waals surface area contributed by atoms with Gasteiger partial charge < -0.3 is 9.47 Å². The van der Waals surface area contributed by atoms with Crippen LogP contribution in [0.4, 0.5) is 0 Å². The van der Waals surface area contributed by atoms with E-state index >= 15 is 0 Å². The summed E-state index contributed by atoms with van der Waals surface area (Å²) in [6.45, 7) is 0. The monoisotopic (exact) mass is 422 g/mol. The normalized spacial score (nSPS) is 12.4. The summed E-state index contributed by atoms with van der Waals surface area (Å²) in [5, 5.41) is 0.573. The van der Waals surface area contributed by atoms with Crippen molar-refractivity contribution in [3.05, 3.63) is 97.8 Å². The van der Waals surface area contributed by atoms with Crippen LogP contribution in [0.15, 0.2) is 66.6 Å². The quantitative estimate of drug-likeness (QED) is 0.314. The molecule has 0 amide bonds. The minimum Gasteiger partial charge on any atom is -0.420 e. The Hall–Kier alpha value is -1.84. The zero-order valence-corrected chi connectivity index (χ0v) is 16.1. The first-order valence-corrected chi connectivity index (χ1v) is 9.16. The molecule has 1 aliphatic heterocycles. The van der Waals surface area contributed by atoms with Gasteiger partial charge in [0.1, 0.15) is 10.0 Å². The number of benzene rings is 3. The molecule has 3 aromatic rings. The number of fused-ring (bicyclic) bond motifs is 1. The standard InChI is InChI=1S/C20H10Cl4O2/c21-14-15(22)17(24)19-18(16(14)23)25-20(26-19)13(11-7-3-1-4-8-11)12-9-5-2-6-10-12/h1-10H. The Kier molecular flexibility index (Phi) is 4.76. The van der Waals surface area contributed by atoms with Crippen molar-refractivity contribution in [3.8, 4) is 11.5 Å². The Balaban J connectivity index is 1.93. The second-order valence-corrected chi connectivity index (χ2v) is 7.02. The molecule has 3 aromatic carbocycles. The molecule has 0 unspecified atom stereocenters. The third-order valence-corrected chi connectivity index (χ3v) is 5.67. The number of ether oxygens (including phenoxy) is 2. The van der Waals surface area contributed by atoms with E-state index in [1.54, 1.807) is 0 Å². The van der Waals surface area contributed by atoms with Crippen molar-refractivity contribution in [1.29, 1.82) is 0 Å². The lowest BCUT2D eigenvalue weighted by atomic mass is 9.99. The Bertz CT molecular complexity index is 935. The first-order chi connectivity index (χ1) is 12.6. The molecule has 26 heavy (non-hydrogen) atoms. The average Bonchev–Trinajstić information content (AvgIpc) is 3.12. The molecule has 0 aliphatic carbocycles. The van der Waals surface area contributed by atoms with Gasteiger partial charge in [0.15, 0.2) is 11.5 Å². The van der Waals surface area contributed by atoms with E-state index in [1.807, 2.05) is 60.7 Å². The van der Waals surface area contributed by atoms with Crippen LogP contribution in [0.3, 0.4) is 0 Å². The van der Waals surface area contributed by atoms with Gasteiger partial charge in [-0.25, -0.2) is 0 Å². The fraction of sp³-hybridized carbons (Fsp3) is 0. The number of hydrogen-bond acceptors (Lipinski definition) is 2. The van der Waals surface area contributed by atoms with Crippen LogP contribution in [0.1, 0.15) is 11.1 Å². The van der Waals surface area contributed by atoms with Gasteiger partial charge in [-0.15, -0.1) is 0 Å². The van der Waals surface area contributed by atoms with Crippen molar-refractivity contribution in [3.63, 3.8) is 0 Å². The van der Waals surface area contributed by atoms with E-state index in [0.717, 1.165) is 16.7 Å². The van der Waals surface area contributed by atoms with Crippen LogP contribution in [-0.4, -0.2) is 0 Å². The zero-order chi connectivity index (χ0) is 18.3. The van der Waals surface area contributed by atoms with Crippen molar-refractivity contribution < 1.29 is 9.47 Å². The Morgan fingerprint density at radius 1 is 0.538 bits per heavy atom. The molecular weight excluding hydrogens is 414 g/mol. The SMILES string of the molecule is Clc1c(Cl)c(Cl)c2c(c1Cl)OC(=C(c1ccccc1)c1ccccc1)O2. The lowest BCUT2D eigenvalue weighted by molar-refractivity contribution is 0.291. The van der Waals surface area contributed by atoms with Gasteiger partial charge in [0, 0.05) is 0 Å². The summed E-state index contributed by atoms with van der Waals surface area (Å²) >= 11 is 24.8. The first kappa shape index (κ1) is 17.6. The van der Waals surface area contributed by atoms with E-state index in [4.69, 9.17) is 55.9 Å². The summed E-state index contributed by atoms with van der Waals surface area (Å²) < 4.78 is 11.8. The molecule has 0 spiro atoms. The van der Waals surface area contributed by atoms with Crippen LogP contribution in [0.25, 0.3) is 5.57 Å². The van der Waals surface area contributed by atoms with Gasteiger partial charge in [0.05, 0.1) is 15.6 Å². The molecule has 0 N–H and O–H groups in total. The Labute approximate surface area is 170 Å². The fourth-order valence-corrected chi connectivity index (χ4v) is 3.59. The average molecular weight is 424 g/mol. The van der Waals surface area contributed by atoms with Crippen LogP contribution in [0, 0.1) is 0 Å². The highest BCUT2D eigenvalue weighted by molar-refractivity contribution is 6.53. The highest BCUT2D eigenvalue weighted by Gasteiger charge is 2.32. The van der Waals surface area contributed by atoms with Crippen molar-refractivity contribution in [2.45, 2.75) is 0 Å². The van der Waals surface area contributed by atoms with Gasteiger partial charge in [0.2, 0.25) is 0 Å². The summed E-state index contributed by atoms with van der Waals surface area (Å²) in [5.74, 6) is 0.774. The highest BCUT2D eigenvalue weighted by atomic mass is 35.5.